The fourth-order valence-electron chi connectivity index (χ4n) is 6.73. The van der Waals surface area contributed by atoms with E-state index in [1.54, 1.807) is 0 Å². The van der Waals surface area contributed by atoms with Gasteiger partial charge in [0.1, 0.15) is 0 Å². The number of aromatic nitrogens is 2. The quantitative estimate of drug-likeness (QED) is 0.180. The molecule has 2 aromatic heterocycles. The van der Waals surface area contributed by atoms with Gasteiger partial charge in [0.2, 0.25) is 0 Å². The molecule has 0 bridgehead atoms. The zero-order chi connectivity index (χ0) is 32.6. The number of thiophene rings is 1. The van der Waals surface area contributed by atoms with E-state index in [4.69, 9.17) is 9.97 Å². The summed E-state index contributed by atoms with van der Waals surface area (Å²) in [5, 5.41) is 2.59. The molecular formula is C46H30N2S. The highest BCUT2D eigenvalue weighted by atomic mass is 32.1. The van der Waals surface area contributed by atoms with E-state index in [1.807, 2.05) is 29.5 Å². The highest BCUT2D eigenvalue weighted by molar-refractivity contribution is 7.26. The van der Waals surface area contributed by atoms with Gasteiger partial charge in [-0.15, -0.1) is 11.3 Å². The van der Waals surface area contributed by atoms with E-state index in [1.165, 1.54) is 36.9 Å². The summed E-state index contributed by atoms with van der Waals surface area (Å²) in [4.78, 5) is 10.5. The van der Waals surface area contributed by atoms with Crippen LogP contribution in [0.1, 0.15) is 0 Å². The first-order valence-electron chi connectivity index (χ1n) is 16.5. The second kappa shape index (κ2) is 12.5. The van der Waals surface area contributed by atoms with Crippen LogP contribution in [0.25, 0.3) is 87.5 Å². The lowest BCUT2D eigenvalue weighted by Crippen LogP contribution is -1.97. The second-order valence-electron chi connectivity index (χ2n) is 12.2. The van der Waals surface area contributed by atoms with Gasteiger partial charge < -0.3 is 0 Å². The molecule has 0 amide bonds. The minimum atomic E-state index is 0.703. The number of fused-ring (bicyclic) bond motifs is 3. The van der Waals surface area contributed by atoms with Gasteiger partial charge in [-0.05, 0) is 63.7 Å². The maximum absolute atomic E-state index is 5.26. The maximum atomic E-state index is 5.26. The van der Waals surface area contributed by atoms with E-state index in [9.17, 15) is 0 Å². The predicted octanol–water partition coefficient (Wildman–Crippen LogP) is 12.8. The van der Waals surface area contributed by atoms with Crippen molar-refractivity contribution >= 4 is 31.5 Å². The first-order valence-corrected chi connectivity index (χ1v) is 17.3. The molecule has 7 aromatic carbocycles. The zero-order valence-corrected chi connectivity index (χ0v) is 27.4. The van der Waals surface area contributed by atoms with Crippen molar-refractivity contribution in [1.29, 1.82) is 0 Å². The van der Waals surface area contributed by atoms with Crippen LogP contribution in [-0.2, 0) is 0 Å². The molecule has 2 heterocycles. The van der Waals surface area contributed by atoms with Crippen molar-refractivity contribution in [2.75, 3.05) is 0 Å². The molecule has 0 saturated heterocycles. The molecule has 0 fully saturated rings. The number of nitrogens with zero attached hydrogens (tertiary/aromatic N) is 2. The number of hydrogen-bond donors (Lipinski definition) is 0. The normalized spacial score (nSPS) is 11.3. The monoisotopic (exact) mass is 642 g/mol. The number of hydrogen-bond acceptors (Lipinski definition) is 3. The Morgan fingerprint density at radius 1 is 0.327 bits per heavy atom. The van der Waals surface area contributed by atoms with Gasteiger partial charge in [0.15, 0.2) is 5.82 Å². The van der Waals surface area contributed by atoms with E-state index in [2.05, 4.69) is 164 Å². The summed E-state index contributed by atoms with van der Waals surface area (Å²) < 4.78 is 2.60. The Hall–Kier alpha value is -6.16. The Kier molecular flexibility index (Phi) is 7.38. The first kappa shape index (κ1) is 29.0. The molecule has 49 heavy (non-hydrogen) atoms. The molecule has 2 nitrogen and oxygen atoms in total. The lowest BCUT2D eigenvalue weighted by Gasteiger charge is -2.15. The van der Waals surface area contributed by atoms with E-state index in [0.717, 1.165) is 44.8 Å². The van der Waals surface area contributed by atoms with Crippen LogP contribution in [0, 0.1) is 0 Å². The first-order chi connectivity index (χ1) is 24.3. The average molecular weight is 643 g/mol. The molecule has 0 radical (unpaired) electrons. The zero-order valence-electron chi connectivity index (χ0n) is 26.6. The van der Waals surface area contributed by atoms with Crippen molar-refractivity contribution in [3.63, 3.8) is 0 Å². The molecule has 0 saturated carbocycles. The summed E-state index contributed by atoms with van der Waals surface area (Å²) in [5.74, 6) is 0.703. The molecule has 9 rings (SSSR count). The van der Waals surface area contributed by atoms with Gasteiger partial charge in [-0.25, -0.2) is 9.97 Å². The molecule has 0 atom stereocenters. The van der Waals surface area contributed by atoms with Gasteiger partial charge in [0.05, 0.1) is 11.4 Å². The van der Waals surface area contributed by atoms with Gasteiger partial charge in [-0.1, -0.05) is 152 Å². The van der Waals surface area contributed by atoms with Gasteiger partial charge in [0.25, 0.3) is 0 Å². The van der Waals surface area contributed by atoms with E-state index in [0.29, 0.717) is 5.82 Å². The minimum absolute atomic E-state index is 0.703. The van der Waals surface area contributed by atoms with E-state index < -0.39 is 0 Å². The summed E-state index contributed by atoms with van der Waals surface area (Å²) in [7, 11) is 0. The lowest BCUT2D eigenvalue weighted by molar-refractivity contribution is 1.18. The lowest BCUT2D eigenvalue weighted by atomic mass is 9.93. The van der Waals surface area contributed by atoms with Crippen molar-refractivity contribution in [2.45, 2.75) is 0 Å². The standard InChI is InChI=1S/C46H30N2S/c1-4-15-31(16-5-1)34-27-35(38-24-14-25-41-40-23-12-13-26-44(40)49-45(38)41)29-36(28-34)42-30-43(48-46(47-42)33-19-8-3-9-20-33)39-22-11-10-21-37(39)32-17-6-2-7-18-32/h1-30H. The second-order valence-corrected chi connectivity index (χ2v) is 13.2. The molecule has 0 unspecified atom stereocenters. The van der Waals surface area contributed by atoms with Crippen molar-refractivity contribution in [2.24, 2.45) is 0 Å². The smallest absolute Gasteiger partial charge is 0.160 e. The summed E-state index contributed by atoms with van der Waals surface area (Å²) in [6.45, 7) is 0. The Labute approximate surface area is 289 Å². The van der Waals surface area contributed by atoms with Gasteiger partial charge in [0, 0.05) is 36.9 Å². The van der Waals surface area contributed by atoms with E-state index in [-0.39, 0.29) is 0 Å². The van der Waals surface area contributed by atoms with Crippen LogP contribution in [-0.4, -0.2) is 9.97 Å². The topological polar surface area (TPSA) is 25.8 Å². The highest BCUT2D eigenvalue weighted by Crippen LogP contribution is 2.42. The van der Waals surface area contributed by atoms with Crippen LogP contribution in [0.3, 0.4) is 0 Å². The average Bonchev–Trinajstić information content (AvgIpc) is 3.58. The van der Waals surface area contributed by atoms with Gasteiger partial charge >= 0.3 is 0 Å². The number of benzene rings is 7. The van der Waals surface area contributed by atoms with Gasteiger partial charge in [-0.3, -0.25) is 0 Å². The van der Waals surface area contributed by atoms with Crippen molar-refractivity contribution in [3.8, 4) is 67.3 Å². The minimum Gasteiger partial charge on any atom is -0.228 e. The third-order valence-corrected chi connectivity index (χ3v) is 10.3. The fourth-order valence-corrected chi connectivity index (χ4v) is 7.97. The van der Waals surface area contributed by atoms with Crippen LogP contribution in [0.2, 0.25) is 0 Å². The molecule has 0 N–H and O–H groups in total. The van der Waals surface area contributed by atoms with Crippen LogP contribution < -0.4 is 0 Å². The molecule has 230 valence electrons. The van der Waals surface area contributed by atoms with Crippen LogP contribution in [0.5, 0.6) is 0 Å². The SMILES string of the molecule is c1ccc(-c2cc(-c3cc(-c4ccccc4-c4ccccc4)nc(-c4ccccc4)n3)cc(-c3cccc4c3sc3ccccc34)c2)cc1. The number of rotatable bonds is 6. The molecule has 0 aliphatic heterocycles. The summed E-state index contributed by atoms with van der Waals surface area (Å²) in [6, 6.07) is 64.4. The predicted molar refractivity (Wildman–Crippen MR) is 208 cm³/mol. The molecule has 0 aliphatic rings. The highest BCUT2D eigenvalue weighted by Gasteiger charge is 2.17. The van der Waals surface area contributed by atoms with Crippen LogP contribution >= 0.6 is 11.3 Å². The maximum Gasteiger partial charge on any atom is 0.160 e. The Balaban J connectivity index is 1.30. The summed E-state index contributed by atoms with van der Waals surface area (Å²) >= 11 is 1.86. The third-order valence-electron chi connectivity index (χ3n) is 9.10. The molecule has 3 heteroatoms. The largest absolute Gasteiger partial charge is 0.228 e. The molecule has 0 aliphatic carbocycles. The molecular weight excluding hydrogens is 613 g/mol. The Morgan fingerprint density at radius 2 is 0.878 bits per heavy atom. The Morgan fingerprint density at radius 3 is 1.65 bits per heavy atom. The van der Waals surface area contributed by atoms with Crippen LogP contribution in [0.4, 0.5) is 0 Å². The van der Waals surface area contributed by atoms with Crippen molar-refractivity contribution in [3.05, 3.63) is 182 Å². The van der Waals surface area contributed by atoms with E-state index >= 15 is 0 Å². The van der Waals surface area contributed by atoms with Crippen LogP contribution in [0.15, 0.2) is 182 Å². The van der Waals surface area contributed by atoms with Crippen molar-refractivity contribution in [1.82, 2.24) is 9.97 Å². The van der Waals surface area contributed by atoms with Gasteiger partial charge in [-0.2, -0.15) is 0 Å². The fraction of sp³-hybridized carbons (Fsp3) is 0. The molecule has 0 spiro atoms. The third kappa shape index (κ3) is 5.50. The van der Waals surface area contributed by atoms with Crippen molar-refractivity contribution < 1.29 is 0 Å². The summed E-state index contributed by atoms with van der Waals surface area (Å²) in [5.41, 5.74) is 11.9. The summed E-state index contributed by atoms with van der Waals surface area (Å²) in [6.07, 6.45) is 0. The Bertz CT molecular complexity index is 2590. The molecule has 9 aromatic rings.